The number of aliphatic hydroxyl groups is 1. The molecule has 3 aliphatic heterocycles. The lowest BCUT2D eigenvalue weighted by Crippen LogP contribution is -2.57. The Bertz CT molecular complexity index is 2770. The predicted octanol–water partition coefficient (Wildman–Crippen LogP) is 7.58. The monoisotopic (exact) mass is 933 g/mol. The maximum Gasteiger partial charge on any atom is 0.247 e. The molecule has 0 saturated carbocycles. The van der Waals surface area contributed by atoms with E-state index in [-0.39, 0.29) is 48.5 Å². The van der Waals surface area contributed by atoms with Crippen LogP contribution in [-0.4, -0.2) is 74.2 Å². The maximum absolute atomic E-state index is 13.8. The molecule has 6 aromatic rings. The zero-order valence-electron chi connectivity index (χ0n) is 38.5. The van der Waals surface area contributed by atoms with Crippen molar-refractivity contribution in [2.75, 3.05) is 31.2 Å². The topological polar surface area (TPSA) is 150 Å². The molecule has 0 radical (unpaired) electrons. The van der Waals surface area contributed by atoms with Crippen LogP contribution in [0.2, 0.25) is 0 Å². The predicted molar refractivity (Wildman–Crippen MR) is 262 cm³/mol. The number of piperidine rings is 1. The van der Waals surface area contributed by atoms with Crippen molar-refractivity contribution in [1.29, 1.82) is 0 Å². The molecule has 12 nitrogen and oxygen atoms in total. The Balaban J connectivity index is 0.882. The molecule has 3 saturated heterocycles. The first-order valence-corrected chi connectivity index (χ1v) is 24.9. The second-order valence-electron chi connectivity index (χ2n) is 18.3. The molecule has 3 heterocycles. The molecule has 0 aliphatic carbocycles. The Morgan fingerprint density at radius 3 is 2.13 bits per heavy atom. The van der Waals surface area contributed by atoms with Crippen molar-refractivity contribution in [2.45, 2.75) is 81.2 Å². The van der Waals surface area contributed by atoms with Crippen LogP contribution in [0.15, 0.2) is 163 Å². The molecule has 3 aliphatic rings. The number of rotatable bonds is 15. The smallest absolute Gasteiger partial charge is 0.247 e. The van der Waals surface area contributed by atoms with Crippen LogP contribution in [-0.2, 0) is 48.7 Å². The summed E-state index contributed by atoms with van der Waals surface area (Å²) in [6.45, 7) is 6.91. The number of nitrogens with one attached hydrogen (secondary N) is 3. The van der Waals surface area contributed by atoms with Crippen molar-refractivity contribution in [3.05, 3.63) is 191 Å². The number of amides is 2. The van der Waals surface area contributed by atoms with E-state index >= 15 is 0 Å². The van der Waals surface area contributed by atoms with Crippen LogP contribution in [0.4, 0.5) is 5.69 Å². The van der Waals surface area contributed by atoms with Gasteiger partial charge in [0, 0.05) is 43.3 Å². The second kappa shape index (κ2) is 20.6. The number of hydrogen-bond acceptors (Lipinski definition) is 9. The summed E-state index contributed by atoms with van der Waals surface area (Å²) in [5.74, 6) is -0.334. The average Bonchev–Trinajstić information content (AvgIpc) is 3.68. The molecule has 4 N–H and O–H groups in total. The third kappa shape index (κ3) is 10.4. The minimum Gasteiger partial charge on any atom is -0.392 e. The zero-order chi connectivity index (χ0) is 47.3. The highest BCUT2D eigenvalue weighted by atomic mass is 32.2. The summed E-state index contributed by atoms with van der Waals surface area (Å²) >= 11 is 0. The number of anilines is 1. The van der Waals surface area contributed by atoms with Gasteiger partial charge in [0.1, 0.15) is 11.6 Å². The van der Waals surface area contributed by atoms with Gasteiger partial charge in [-0.15, -0.1) is 0 Å². The van der Waals surface area contributed by atoms with Gasteiger partial charge in [0.25, 0.3) is 0 Å². The van der Waals surface area contributed by atoms with Crippen molar-refractivity contribution in [1.82, 2.24) is 20.3 Å². The van der Waals surface area contributed by atoms with Crippen molar-refractivity contribution >= 4 is 27.5 Å². The first-order chi connectivity index (χ1) is 33.0. The summed E-state index contributed by atoms with van der Waals surface area (Å²) in [6.07, 6.45) is 0.508. The Morgan fingerprint density at radius 2 is 1.44 bits per heavy atom. The second-order valence-corrected chi connectivity index (χ2v) is 20.0. The summed E-state index contributed by atoms with van der Waals surface area (Å²) in [7, 11) is -3.98. The molecule has 2 amide bonds. The number of aryl methyl sites for hydroxylation is 1. The van der Waals surface area contributed by atoms with Gasteiger partial charge < -0.3 is 35.0 Å². The lowest BCUT2D eigenvalue weighted by atomic mass is 9.84. The highest BCUT2D eigenvalue weighted by Gasteiger charge is 2.51. The lowest BCUT2D eigenvalue weighted by molar-refractivity contribution is -0.276. The molecule has 352 valence electrons. The number of para-hydroxylation sites is 1. The molecule has 5 atom stereocenters. The van der Waals surface area contributed by atoms with Crippen molar-refractivity contribution in [3.8, 4) is 11.1 Å². The quantitative estimate of drug-likeness (QED) is 0.0818. The average molecular weight is 934 g/mol. The van der Waals surface area contributed by atoms with Crippen molar-refractivity contribution in [3.63, 3.8) is 0 Å². The zero-order valence-corrected chi connectivity index (χ0v) is 39.3. The van der Waals surface area contributed by atoms with Crippen LogP contribution in [0, 0.1) is 12.8 Å². The summed E-state index contributed by atoms with van der Waals surface area (Å²) < 4.78 is 43.2. The van der Waals surface area contributed by atoms with Crippen LogP contribution in [0.3, 0.4) is 0 Å². The lowest BCUT2D eigenvalue weighted by Gasteiger charge is -2.46. The Kier molecular flexibility index (Phi) is 14.2. The number of likely N-dealkylation sites (tertiary alicyclic amines) is 1. The van der Waals surface area contributed by atoms with Crippen molar-refractivity contribution < 1.29 is 32.6 Å². The minimum absolute atomic E-state index is 0.00204. The van der Waals surface area contributed by atoms with Crippen LogP contribution in [0.25, 0.3) is 11.1 Å². The third-order valence-corrected chi connectivity index (χ3v) is 15.3. The Labute approximate surface area is 399 Å². The summed E-state index contributed by atoms with van der Waals surface area (Å²) in [4.78, 5) is 31.9. The molecule has 0 aromatic heterocycles. The standard InChI is InChI=1S/C55H59N5O7S/c1-38-16-26-48(27-17-38)68(64,65)58-49(33-40-10-5-3-6-11-40)52(62)56-34-42-12-9-13-46(32-42)43-22-24-45(25-23-43)53-66-50(39(2)51(67-53)44-20-18-41(36-61)19-21-44)35-59-30-28-55(29-31-59)54(63)57-37-60(55)47-14-7-4-8-15-47/h3-27,32,39,49-51,53,58,61H,28-31,33-37H2,1-2H3,(H,56,62)(H,57,63). The van der Waals surface area contributed by atoms with Gasteiger partial charge in [0.05, 0.1) is 30.4 Å². The number of sulfonamides is 1. The van der Waals surface area contributed by atoms with Crippen LogP contribution >= 0.6 is 0 Å². The minimum atomic E-state index is -3.98. The molecule has 6 aromatic carbocycles. The van der Waals surface area contributed by atoms with Gasteiger partial charge in [0.2, 0.25) is 21.8 Å². The molecule has 68 heavy (non-hydrogen) atoms. The van der Waals surface area contributed by atoms with Gasteiger partial charge in [-0.05, 0) is 89.9 Å². The van der Waals surface area contributed by atoms with E-state index in [0.717, 1.165) is 63.3 Å². The number of nitrogens with zero attached hydrogens (tertiary/aromatic N) is 2. The first kappa shape index (κ1) is 46.9. The molecule has 0 bridgehead atoms. The van der Waals surface area contributed by atoms with Crippen LogP contribution in [0.1, 0.15) is 65.5 Å². The normalized spacial score (nSPS) is 21.0. The first-order valence-electron chi connectivity index (χ1n) is 23.4. The summed E-state index contributed by atoms with van der Waals surface area (Å²) in [5.41, 5.74) is 7.74. The van der Waals surface area contributed by atoms with E-state index in [4.69, 9.17) is 9.47 Å². The number of aliphatic hydroxyl groups excluding tert-OH is 1. The van der Waals surface area contributed by atoms with Gasteiger partial charge >= 0.3 is 0 Å². The third-order valence-electron chi connectivity index (χ3n) is 13.8. The molecule has 9 rings (SSSR count). The highest BCUT2D eigenvalue weighted by Crippen LogP contribution is 2.43. The fourth-order valence-corrected chi connectivity index (χ4v) is 10.9. The highest BCUT2D eigenvalue weighted by molar-refractivity contribution is 7.89. The number of ether oxygens (including phenoxy) is 2. The van der Waals surface area contributed by atoms with Crippen LogP contribution < -0.4 is 20.3 Å². The molecule has 3 fully saturated rings. The summed E-state index contributed by atoms with van der Waals surface area (Å²) in [6, 6.07) is 49.0. The number of carbonyl (C=O) groups excluding carboxylic acids is 2. The van der Waals surface area contributed by atoms with Crippen molar-refractivity contribution in [2.24, 2.45) is 5.92 Å². The van der Waals surface area contributed by atoms with Gasteiger partial charge in [-0.25, -0.2) is 8.42 Å². The van der Waals surface area contributed by atoms with E-state index in [0.29, 0.717) is 26.1 Å². The molecule has 13 heteroatoms. The Hall–Kier alpha value is -6.19. The van der Waals surface area contributed by atoms with Gasteiger partial charge in [0.15, 0.2) is 6.29 Å². The van der Waals surface area contributed by atoms with Gasteiger partial charge in [-0.3, -0.25) is 9.59 Å². The van der Waals surface area contributed by atoms with Crippen LogP contribution in [0.5, 0.6) is 0 Å². The largest absolute Gasteiger partial charge is 0.392 e. The number of carbonyl (C=O) groups is 2. The molecular weight excluding hydrogens is 875 g/mol. The van der Waals surface area contributed by atoms with E-state index in [2.05, 4.69) is 44.2 Å². The number of benzene rings is 6. The molecule has 1 spiro atoms. The van der Waals surface area contributed by atoms with E-state index in [1.807, 2.05) is 128 Å². The SMILES string of the molecule is Cc1ccc(S(=O)(=O)NC(Cc2ccccc2)C(=O)NCc2cccc(-c3ccc(C4OC(CN5CCC6(CC5)C(=O)NCN6c5ccccc5)C(C)C(c5ccc(CO)cc5)O4)cc3)c2)cc1. The van der Waals surface area contributed by atoms with E-state index in [1.54, 1.807) is 24.3 Å². The van der Waals surface area contributed by atoms with Gasteiger partial charge in [-0.1, -0.05) is 140 Å². The van der Waals surface area contributed by atoms with E-state index < -0.39 is 33.8 Å². The molecular formula is C55H59N5O7S. The Morgan fingerprint density at radius 1 is 0.779 bits per heavy atom. The van der Waals surface area contributed by atoms with Gasteiger partial charge in [-0.2, -0.15) is 4.72 Å². The fraction of sp³-hybridized carbons (Fsp3) is 0.309. The van der Waals surface area contributed by atoms with E-state index in [9.17, 15) is 23.1 Å². The summed E-state index contributed by atoms with van der Waals surface area (Å²) in [5, 5.41) is 15.9. The van der Waals surface area contributed by atoms with E-state index in [1.165, 1.54) is 0 Å². The number of hydrogen-bond donors (Lipinski definition) is 4. The molecule has 5 unspecified atom stereocenters. The maximum atomic E-state index is 13.8. The fourth-order valence-electron chi connectivity index (χ4n) is 9.74.